The number of amides is 1. The van der Waals surface area contributed by atoms with Crippen molar-refractivity contribution >= 4 is 23.2 Å². The van der Waals surface area contributed by atoms with E-state index in [4.69, 9.17) is 5.11 Å². The minimum absolute atomic E-state index is 0.113. The van der Waals surface area contributed by atoms with E-state index in [0.29, 0.717) is 12.8 Å². The van der Waals surface area contributed by atoms with Gasteiger partial charge in [-0.15, -0.1) is 11.3 Å². The Hall–Kier alpha value is -1.36. The van der Waals surface area contributed by atoms with Gasteiger partial charge in [-0.25, -0.2) is 0 Å². The van der Waals surface area contributed by atoms with Gasteiger partial charge in [-0.05, 0) is 38.1 Å². The van der Waals surface area contributed by atoms with Crippen molar-refractivity contribution in [1.29, 1.82) is 0 Å². The average molecular weight is 267 g/mol. The molecule has 0 aromatic carbocycles. The Morgan fingerprint density at radius 1 is 1.50 bits per heavy atom. The topological polar surface area (TPSA) is 66.4 Å². The van der Waals surface area contributed by atoms with Gasteiger partial charge in [-0.3, -0.25) is 9.59 Å². The zero-order valence-corrected chi connectivity index (χ0v) is 11.3. The minimum atomic E-state index is -0.809. The molecule has 0 bridgehead atoms. The zero-order valence-electron chi connectivity index (χ0n) is 10.5. The Bertz CT molecular complexity index is 461. The Balaban J connectivity index is 1.98. The third kappa shape index (κ3) is 2.27. The zero-order chi connectivity index (χ0) is 13.4. The van der Waals surface area contributed by atoms with Gasteiger partial charge >= 0.3 is 5.97 Å². The quantitative estimate of drug-likeness (QED) is 0.857. The third-order valence-corrected chi connectivity index (χ3v) is 4.79. The molecule has 1 saturated carbocycles. The Morgan fingerprint density at radius 3 is 2.61 bits per heavy atom. The van der Waals surface area contributed by atoms with Crippen LogP contribution < -0.4 is 5.32 Å². The van der Waals surface area contributed by atoms with Crippen molar-refractivity contribution in [2.75, 3.05) is 6.54 Å². The van der Waals surface area contributed by atoms with E-state index in [0.717, 1.165) is 4.88 Å². The van der Waals surface area contributed by atoms with Crippen LogP contribution in [0.5, 0.6) is 0 Å². The van der Waals surface area contributed by atoms with Gasteiger partial charge in [-0.2, -0.15) is 0 Å². The molecule has 4 nitrogen and oxygen atoms in total. The van der Waals surface area contributed by atoms with E-state index in [1.165, 1.54) is 11.3 Å². The molecule has 1 heterocycles. The number of carbonyl (C=O) groups excluding carboxylic acids is 1. The largest absolute Gasteiger partial charge is 0.481 e. The normalized spacial score (nSPS) is 17.2. The molecule has 5 heteroatoms. The second-order valence-corrected chi connectivity index (χ2v) is 6.32. The molecule has 0 spiro atoms. The summed E-state index contributed by atoms with van der Waals surface area (Å²) in [4.78, 5) is 24.2. The van der Waals surface area contributed by atoms with Crippen molar-refractivity contribution in [3.8, 4) is 0 Å². The number of rotatable bonds is 5. The summed E-state index contributed by atoms with van der Waals surface area (Å²) >= 11 is 1.54. The number of hydrogen-bond donors (Lipinski definition) is 2. The lowest BCUT2D eigenvalue weighted by Gasteiger charge is -2.23. The summed E-state index contributed by atoms with van der Waals surface area (Å²) in [6, 6.07) is 3.84. The highest BCUT2D eigenvalue weighted by Crippen LogP contribution is 2.45. The van der Waals surface area contributed by atoms with Crippen LogP contribution in [0.2, 0.25) is 0 Å². The third-order valence-electron chi connectivity index (χ3n) is 3.60. The molecule has 1 aromatic heterocycles. The maximum absolute atomic E-state index is 12.2. The van der Waals surface area contributed by atoms with Gasteiger partial charge in [0.2, 0.25) is 5.91 Å². The Morgan fingerprint density at radius 2 is 2.17 bits per heavy atom. The fraction of sp³-hybridized carbons (Fsp3) is 0.538. The second kappa shape index (κ2) is 4.39. The highest BCUT2D eigenvalue weighted by atomic mass is 32.1. The summed E-state index contributed by atoms with van der Waals surface area (Å²) in [5.41, 5.74) is -1.32. The standard InChI is InChI=1S/C13H17NO3S/c1-12(2,9-4-3-7-18-9)10(15)14-8-13(5-6-13)11(16)17/h3-4,7H,5-6,8H2,1-2H3,(H,14,15)(H,16,17). The van der Waals surface area contributed by atoms with E-state index in [9.17, 15) is 9.59 Å². The number of hydrogen-bond acceptors (Lipinski definition) is 3. The highest BCUT2D eigenvalue weighted by molar-refractivity contribution is 7.10. The molecule has 2 N–H and O–H groups in total. The maximum Gasteiger partial charge on any atom is 0.311 e. The lowest BCUT2D eigenvalue weighted by molar-refractivity contribution is -0.143. The molecule has 0 atom stereocenters. The minimum Gasteiger partial charge on any atom is -0.481 e. The van der Waals surface area contributed by atoms with E-state index in [2.05, 4.69) is 5.32 Å². The summed E-state index contributed by atoms with van der Waals surface area (Å²) in [5, 5.41) is 13.8. The van der Waals surface area contributed by atoms with Crippen molar-refractivity contribution in [1.82, 2.24) is 5.32 Å². The number of thiophene rings is 1. The van der Waals surface area contributed by atoms with Gasteiger partial charge < -0.3 is 10.4 Å². The first-order valence-corrected chi connectivity index (χ1v) is 6.82. The lowest BCUT2D eigenvalue weighted by Crippen LogP contribution is -2.43. The molecule has 1 aliphatic rings. The van der Waals surface area contributed by atoms with Crippen LogP contribution in [-0.2, 0) is 15.0 Å². The van der Waals surface area contributed by atoms with Gasteiger partial charge in [0.1, 0.15) is 0 Å². The van der Waals surface area contributed by atoms with Crippen molar-refractivity contribution in [3.63, 3.8) is 0 Å². The van der Waals surface area contributed by atoms with Crippen LogP contribution in [0, 0.1) is 5.41 Å². The number of aliphatic carboxylic acids is 1. The van der Waals surface area contributed by atoms with E-state index >= 15 is 0 Å². The van der Waals surface area contributed by atoms with E-state index in [1.807, 2.05) is 31.4 Å². The first kappa shape index (κ1) is 13.1. The van der Waals surface area contributed by atoms with Crippen LogP contribution in [0.25, 0.3) is 0 Å². The molecule has 0 unspecified atom stereocenters. The van der Waals surface area contributed by atoms with Crippen molar-refractivity contribution in [2.24, 2.45) is 5.41 Å². The average Bonchev–Trinajstić information content (AvgIpc) is 2.89. The Labute approximate surface area is 110 Å². The molecule has 0 aliphatic heterocycles. The molecule has 98 valence electrons. The highest BCUT2D eigenvalue weighted by Gasteiger charge is 2.50. The Kier molecular flexibility index (Phi) is 3.19. The summed E-state index contributed by atoms with van der Waals surface area (Å²) in [5.74, 6) is -0.922. The van der Waals surface area contributed by atoms with E-state index in [-0.39, 0.29) is 12.5 Å². The number of carbonyl (C=O) groups is 2. The summed E-state index contributed by atoms with van der Waals surface area (Å²) < 4.78 is 0. The smallest absolute Gasteiger partial charge is 0.311 e. The molecule has 1 aliphatic carbocycles. The first-order chi connectivity index (χ1) is 8.38. The molecule has 2 rings (SSSR count). The molecule has 0 radical (unpaired) electrons. The summed E-state index contributed by atoms with van der Waals surface area (Å²) in [6.07, 6.45) is 1.31. The predicted molar refractivity (Wildman–Crippen MR) is 69.7 cm³/mol. The van der Waals surface area contributed by atoms with E-state index in [1.54, 1.807) is 0 Å². The molecular formula is C13H17NO3S. The van der Waals surface area contributed by atoms with Gasteiger partial charge in [0.15, 0.2) is 0 Å². The van der Waals surface area contributed by atoms with Gasteiger partial charge in [0.05, 0.1) is 10.8 Å². The van der Waals surface area contributed by atoms with Crippen LogP contribution in [0.1, 0.15) is 31.6 Å². The number of nitrogens with one attached hydrogen (secondary N) is 1. The van der Waals surface area contributed by atoms with Crippen LogP contribution in [0.15, 0.2) is 17.5 Å². The lowest BCUT2D eigenvalue weighted by atomic mass is 9.90. The van der Waals surface area contributed by atoms with Crippen molar-refractivity contribution < 1.29 is 14.7 Å². The van der Waals surface area contributed by atoms with Crippen molar-refractivity contribution in [2.45, 2.75) is 32.1 Å². The van der Waals surface area contributed by atoms with Gasteiger partial charge in [0, 0.05) is 11.4 Å². The summed E-state index contributed by atoms with van der Waals surface area (Å²) in [6.45, 7) is 3.94. The number of carboxylic acid groups (broad SMARTS) is 1. The van der Waals surface area contributed by atoms with Crippen LogP contribution in [0.3, 0.4) is 0 Å². The predicted octanol–water partition coefficient (Wildman–Crippen LogP) is 2.01. The van der Waals surface area contributed by atoms with E-state index < -0.39 is 16.8 Å². The molecule has 1 amide bonds. The molecule has 0 saturated heterocycles. The monoisotopic (exact) mass is 267 g/mol. The fourth-order valence-electron chi connectivity index (χ4n) is 1.83. The van der Waals surface area contributed by atoms with Crippen LogP contribution in [-0.4, -0.2) is 23.5 Å². The van der Waals surface area contributed by atoms with Crippen molar-refractivity contribution in [3.05, 3.63) is 22.4 Å². The van der Waals surface area contributed by atoms with Gasteiger partial charge in [-0.1, -0.05) is 6.07 Å². The van der Waals surface area contributed by atoms with Gasteiger partial charge in [0.25, 0.3) is 0 Å². The molecule has 1 aromatic rings. The van der Waals surface area contributed by atoms with Crippen LogP contribution >= 0.6 is 11.3 Å². The SMILES string of the molecule is CC(C)(C(=O)NCC1(C(=O)O)CC1)c1cccs1. The second-order valence-electron chi connectivity index (χ2n) is 5.37. The fourth-order valence-corrected chi connectivity index (χ4v) is 2.68. The number of carboxylic acids is 1. The van der Waals surface area contributed by atoms with Crippen LogP contribution in [0.4, 0.5) is 0 Å². The molecular weight excluding hydrogens is 250 g/mol. The summed E-state index contributed by atoms with van der Waals surface area (Å²) in [7, 11) is 0. The molecule has 1 fully saturated rings. The maximum atomic E-state index is 12.2. The molecule has 18 heavy (non-hydrogen) atoms. The first-order valence-electron chi connectivity index (χ1n) is 5.94.